The maximum atomic E-state index is 5.57. The first kappa shape index (κ1) is 6.65. The molecule has 0 N–H and O–H groups in total. The van der Waals surface area contributed by atoms with E-state index in [1.165, 1.54) is 6.26 Å². The van der Waals surface area contributed by atoms with Crippen molar-refractivity contribution in [1.29, 1.82) is 0 Å². The highest BCUT2D eigenvalue weighted by Gasteiger charge is 1.99. The quantitative estimate of drug-likeness (QED) is 0.638. The Morgan fingerprint density at radius 1 is 1.78 bits per heavy atom. The van der Waals surface area contributed by atoms with Gasteiger partial charge in [-0.25, -0.2) is 0 Å². The predicted molar refractivity (Wildman–Crippen MR) is 34.4 cm³/mol. The Kier molecular flexibility index (Phi) is 2.14. The third-order valence-electron chi connectivity index (χ3n) is 0.993. The summed E-state index contributed by atoms with van der Waals surface area (Å²) < 4.78 is 9.63. The Bertz CT molecular complexity index is 183. The van der Waals surface area contributed by atoms with Gasteiger partial charge in [0, 0.05) is 12.7 Å². The summed E-state index contributed by atoms with van der Waals surface area (Å²) in [5.74, 6) is 0. The Labute approximate surface area is 58.4 Å². The molecular weight excluding hydrogens is 140 g/mol. The van der Waals surface area contributed by atoms with Gasteiger partial charge in [-0.1, -0.05) is 0 Å². The lowest BCUT2D eigenvalue weighted by Crippen LogP contribution is -1.83. The molecule has 0 saturated heterocycles. The summed E-state index contributed by atoms with van der Waals surface area (Å²) in [6.45, 7) is 0.509. The van der Waals surface area contributed by atoms with Gasteiger partial charge in [0.1, 0.15) is 0 Å². The first-order valence-corrected chi connectivity index (χ1v) is 2.93. The third-order valence-corrected chi connectivity index (χ3v) is 1.32. The van der Waals surface area contributed by atoms with Gasteiger partial charge in [-0.2, -0.15) is 0 Å². The molecule has 0 unspecified atom stereocenters. The van der Waals surface area contributed by atoms with E-state index in [-0.39, 0.29) is 0 Å². The highest BCUT2D eigenvalue weighted by Crippen LogP contribution is 2.16. The molecule has 0 aliphatic heterocycles. The van der Waals surface area contributed by atoms with Crippen LogP contribution in [-0.2, 0) is 11.3 Å². The van der Waals surface area contributed by atoms with Crippen molar-refractivity contribution in [3.05, 3.63) is 23.1 Å². The monoisotopic (exact) mass is 146 g/mol. The van der Waals surface area contributed by atoms with Crippen LogP contribution in [0, 0.1) is 0 Å². The number of hydrogen-bond acceptors (Lipinski definition) is 2. The lowest BCUT2D eigenvalue weighted by Gasteiger charge is -1.91. The van der Waals surface area contributed by atoms with Crippen molar-refractivity contribution in [3.63, 3.8) is 0 Å². The second-order valence-electron chi connectivity index (χ2n) is 1.65. The van der Waals surface area contributed by atoms with Gasteiger partial charge in [-0.15, -0.1) is 0 Å². The lowest BCUT2D eigenvalue weighted by atomic mass is 10.4. The minimum Gasteiger partial charge on any atom is -0.453 e. The van der Waals surface area contributed by atoms with Crippen LogP contribution < -0.4 is 0 Å². The Morgan fingerprint density at radius 2 is 2.56 bits per heavy atom. The van der Waals surface area contributed by atoms with Crippen LogP contribution in [0.15, 0.2) is 16.7 Å². The molecule has 0 fully saturated rings. The van der Waals surface area contributed by atoms with Crippen LogP contribution in [0.3, 0.4) is 0 Å². The second kappa shape index (κ2) is 2.90. The van der Waals surface area contributed by atoms with E-state index in [0.29, 0.717) is 11.8 Å². The van der Waals surface area contributed by atoms with Crippen molar-refractivity contribution >= 4 is 11.6 Å². The van der Waals surface area contributed by atoms with Gasteiger partial charge in [0.05, 0.1) is 12.9 Å². The van der Waals surface area contributed by atoms with Crippen molar-refractivity contribution in [2.75, 3.05) is 7.11 Å². The standard InChI is InChI=1S/C6H7ClO2/c1-8-4-5-2-3-9-6(5)7/h2-3H,4H2,1H3. The van der Waals surface area contributed by atoms with Crippen LogP contribution in [0.4, 0.5) is 0 Å². The molecule has 2 nitrogen and oxygen atoms in total. The molecule has 9 heavy (non-hydrogen) atoms. The molecule has 0 spiro atoms. The molecule has 0 aliphatic carbocycles. The summed E-state index contributed by atoms with van der Waals surface area (Å²) >= 11 is 5.57. The van der Waals surface area contributed by atoms with E-state index in [1.807, 2.05) is 0 Å². The van der Waals surface area contributed by atoms with Crippen LogP contribution in [0.1, 0.15) is 5.56 Å². The van der Waals surface area contributed by atoms with Gasteiger partial charge < -0.3 is 9.15 Å². The summed E-state index contributed by atoms with van der Waals surface area (Å²) in [7, 11) is 1.61. The molecule has 1 aromatic heterocycles. The van der Waals surface area contributed by atoms with Gasteiger partial charge in [0.15, 0.2) is 5.22 Å². The minimum absolute atomic E-state index is 0.414. The number of methoxy groups -OCH3 is 1. The number of ether oxygens (including phenoxy) is 1. The normalized spacial score (nSPS) is 10.0. The topological polar surface area (TPSA) is 22.4 Å². The van der Waals surface area contributed by atoms with Crippen molar-refractivity contribution < 1.29 is 9.15 Å². The summed E-state index contributed by atoms with van der Waals surface area (Å²) in [6, 6.07) is 1.78. The molecule has 50 valence electrons. The van der Waals surface area contributed by atoms with Crippen LogP contribution >= 0.6 is 11.6 Å². The van der Waals surface area contributed by atoms with Gasteiger partial charge in [0.25, 0.3) is 0 Å². The van der Waals surface area contributed by atoms with E-state index in [4.69, 9.17) is 20.8 Å². The molecule has 1 rings (SSSR count). The average Bonchev–Trinajstić information content (AvgIpc) is 2.18. The van der Waals surface area contributed by atoms with Crippen molar-refractivity contribution in [1.82, 2.24) is 0 Å². The predicted octanol–water partition coefficient (Wildman–Crippen LogP) is 2.08. The number of halogens is 1. The fraction of sp³-hybridized carbons (Fsp3) is 0.333. The summed E-state index contributed by atoms with van der Waals surface area (Å²) in [4.78, 5) is 0. The zero-order chi connectivity index (χ0) is 6.69. The van der Waals surface area contributed by atoms with E-state index in [2.05, 4.69) is 0 Å². The smallest absolute Gasteiger partial charge is 0.198 e. The Morgan fingerprint density at radius 3 is 3.00 bits per heavy atom. The van der Waals surface area contributed by atoms with Gasteiger partial charge >= 0.3 is 0 Å². The zero-order valence-corrected chi connectivity index (χ0v) is 5.81. The van der Waals surface area contributed by atoms with E-state index in [1.54, 1.807) is 13.2 Å². The maximum absolute atomic E-state index is 5.57. The van der Waals surface area contributed by atoms with E-state index < -0.39 is 0 Å². The molecule has 3 heteroatoms. The number of rotatable bonds is 2. The highest BCUT2D eigenvalue weighted by molar-refractivity contribution is 6.29. The lowest BCUT2D eigenvalue weighted by molar-refractivity contribution is 0.184. The van der Waals surface area contributed by atoms with Crippen LogP contribution in [0.5, 0.6) is 0 Å². The van der Waals surface area contributed by atoms with Gasteiger partial charge in [-0.05, 0) is 17.7 Å². The molecule has 0 amide bonds. The van der Waals surface area contributed by atoms with E-state index in [9.17, 15) is 0 Å². The molecule has 0 saturated carbocycles. The van der Waals surface area contributed by atoms with Crippen LogP contribution in [0.25, 0.3) is 0 Å². The fourth-order valence-electron chi connectivity index (χ4n) is 0.577. The molecule has 0 radical (unpaired) electrons. The van der Waals surface area contributed by atoms with Crippen LogP contribution in [0.2, 0.25) is 5.22 Å². The maximum Gasteiger partial charge on any atom is 0.198 e. The molecule has 0 atom stereocenters. The highest BCUT2D eigenvalue weighted by atomic mass is 35.5. The minimum atomic E-state index is 0.414. The summed E-state index contributed by atoms with van der Waals surface area (Å²) in [5.41, 5.74) is 0.888. The van der Waals surface area contributed by atoms with Crippen molar-refractivity contribution in [3.8, 4) is 0 Å². The molecule has 1 heterocycles. The number of furan rings is 1. The van der Waals surface area contributed by atoms with Gasteiger partial charge in [0.2, 0.25) is 0 Å². The zero-order valence-electron chi connectivity index (χ0n) is 5.06. The molecule has 0 aromatic carbocycles. The van der Waals surface area contributed by atoms with Gasteiger partial charge in [-0.3, -0.25) is 0 Å². The van der Waals surface area contributed by atoms with E-state index >= 15 is 0 Å². The first-order chi connectivity index (χ1) is 4.34. The van der Waals surface area contributed by atoms with E-state index in [0.717, 1.165) is 5.56 Å². The van der Waals surface area contributed by atoms with Crippen LogP contribution in [-0.4, -0.2) is 7.11 Å². The summed E-state index contributed by atoms with van der Waals surface area (Å²) in [6.07, 6.45) is 1.54. The molecule has 1 aromatic rings. The molecule has 0 aliphatic rings. The first-order valence-electron chi connectivity index (χ1n) is 2.55. The summed E-state index contributed by atoms with van der Waals surface area (Å²) in [5, 5.41) is 0.414. The SMILES string of the molecule is COCc1ccoc1Cl. The van der Waals surface area contributed by atoms with Crippen molar-refractivity contribution in [2.24, 2.45) is 0 Å². The number of hydrogen-bond donors (Lipinski definition) is 0. The average molecular weight is 147 g/mol. The largest absolute Gasteiger partial charge is 0.453 e. The van der Waals surface area contributed by atoms with Crippen molar-refractivity contribution in [2.45, 2.75) is 6.61 Å². The third kappa shape index (κ3) is 1.47. The molecule has 0 bridgehead atoms. The molecular formula is C6H7ClO2. The Hall–Kier alpha value is -0.470. The second-order valence-corrected chi connectivity index (χ2v) is 2.00. The Balaban J connectivity index is 2.69. The fourth-order valence-corrected chi connectivity index (χ4v) is 0.746.